The number of hydrogen-bond donors (Lipinski definition) is 2. The SMILES string of the molecule is CCC(CC)(CCO)CNC(=O)C1C2C3CCC(C3)C12. The van der Waals surface area contributed by atoms with Gasteiger partial charge in [-0.05, 0) is 67.6 Å². The molecule has 0 aromatic carbocycles. The van der Waals surface area contributed by atoms with Crippen molar-refractivity contribution in [3.63, 3.8) is 0 Å². The quantitative estimate of drug-likeness (QED) is 0.752. The maximum absolute atomic E-state index is 12.4. The molecule has 2 bridgehead atoms. The van der Waals surface area contributed by atoms with E-state index in [1.807, 2.05) is 0 Å². The first kappa shape index (κ1) is 14.4. The molecule has 3 nitrogen and oxygen atoms in total. The zero-order chi connectivity index (χ0) is 14.3. The van der Waals surface area contributed by atoms with Crippen molar-refractivity contribution in [1.29, 1.82) is 0 Å². The van der Waals surface area contributed by atoms with Crippen molar-refractivity contribution in [2.45, 2.75) is 52.4 Å². The fourth-order valence-corrected chi connectivity index (χ4v) is 5.25. The highest BCUT2D eigenvalue weighted by molar-refractivity contribution is 5.82. The molecule has 0 spiro atoms. The summed E-state index contributed by atoms with van der Waals surface area (Å²) in [5.41, 5.74) is 0.0907. The lowest BCUT2D eigenvalue weighted by atomic mass is 9.79. The van der Waals surface area contributed by atoms with Crippen LogP contribution in [0, 0.1) is 35.0 Å². The molecule has 3 saturated carbocycles. The molecule has 0 heterocycles. The third-order valence-corrected chi connectivity index (χ3v) is 6.82. The number of rotatable bonds is 7. The smallest absolute Gasteiger partial charge is 0.223 e. The molecule has 4 atom stereocenters. The van der Waals surface area contributed by atoms with Gasteiger partial charge < -0.3 is 10.4 Å². The Hall–Kier alpha value is -0.570. The largest absolute Gasteiger partial charge is 0.396 e. The summed E-state index contributed by atoms with van der Waals surface area (Å²) in [6, 6.07) is 0. The van der Waals surface area contributed by atoms with Crippen LogP contribution in [0.5, 0.6) is 0 Å². The second-order valence-corrected chi connectivity index (χ2v) is 7.41. The maximum atomic E-state index is 12.4. The van der Waals surface area contributed by atoms with Crippen LogP contribution in [-0.2, 0) is 4.79 Å². The first-order valence-corrected chi connectivity index (χ1v) is 8.54. The van der Waals surface area contributed by atoms with E-state index >= 15 is 0 Å². The molecule has 3 fully saturated rings. The summed E-state index contributed by atoms with van der Waals surface area (Å²) in [5.74, 6) is 3.82. The Bertz CT molecular complexity index is 361. The van der Waals surface area contributed by atoms with Crippen LogP contribution in [-0.4, -0.2) is 24.2 Å². The van der Waals surface area contributed by atoms with Crippen molar-refractivity contribution >= 4 is 5.91 Å². The summed E-state index contributed by atoms with van der Waals surface area (Å²) in [6.07, 6.45) is 6.97. The zero-order valence-corrected chi connectivity index (χ0v) is 12.9. The minimum absolute atomic E-state index is 0.0907. The van der Waals surface area contributed by atoms with Crippen LogP contribution in [0.4, 0.5) is 0 Å². The molecular weight excluding hydrogens is 250 g/mol. The van der Waals surface area contributed by atoms with Crippen molar-refractivity contribution < 1.29 is 9.90 Å². The van der Waals surface area contributed by atoms with Gasteiger partial charge in [-0.25, -0.2) is 0 Å². The first-order valence-electron chi connectivity index (χ1n) is 8.54. The van der Waals surface area contributed by atoms with Gasteiger partial charge >= 0.3 is 0 Å². The number of hydrogen-bond acceptors (Lipinski definition) is 2. The molecule has 0 saturated heterocycles. The number of carbonyl (C=O) groups is 1. The molecule has 1 amide bonds. The zero-order valence-electron chi connectivity index (χ0n) is 12.9. The first-order chi connectivity index (χ1) is 9.65. The van der Waals surface area contributed by atoms with Crippen molar-refractivity contribution in [1.82, 2.24) is 5.32 Å². The van der Waals surface area contributed by atoms with Gasteiger partial charge in [-0.2, -0.15) is 0 Å². The van der Waals surface area contributed by atoms with Crippen molar-refractivity contribution in [3.05, 3.63) is 0 Å². The van der Waals surface area contributed by atoms with E-state index in [0.717, 1.165) is 49.5 Å². The molecule has 4 unspecified atom stereocenters. The number of amides is 1. The summed E-state index contributed by atoms with van der Waals surface area (Å²) < 4.78 is 0. The van der Waals surface area contributed by atoms with Gasteiger partial charge in [0, 0.05) is 19.1 Å². The van der Waals surface area contributed by atoms with Gasteiger partial charge in [-0.15, -0.1) is 0 Å². The fraction of sp³-hybridized carbons (Fsp3) is 0.941. The highest BCUT2D eigenvalue weighted by Gasteiger charge is 2.67. The highest BCUT2D eigenvalue weighted by Crippen LogP contribution is 2.69. The van der Waals surface area contributed by atoms with E-state index in [2.05, 4.69) is 19.2 Å². The molecule has 3 aliphatic carbocycles. The Morgan fingerprint density at radius 3 is 2.30 bits per heavy atom. The Labute approximate surface area is 122 Å². The average molecular weight is 279 g/mol. The number of nitrogens with one attached hydrogen (secondary N) is 1. The second-order valence-electron chi connectivity index (χ2n) is 7.41. The Kier molecular flexibility index (Phi) is 3.83. The molecule has 3 rings (SSSR count). The molecule has 3 heteroatoms. The lowest BCUT2D eigenvalue weighted by Crippen LogP contribution is -2.39. The van der Waals surface area contributed by atoms with Gasteiger partial charge in [0.1, 0.15) is 0 Å². The average Bonchev–Trinajstić information content (AvgIpc) is 2.91. The number of aliphatic hydroxyl groups is 1. The topological polar surface area (TPSA) is 49.3 Å². The van der Waals surface area contributed by atoms with Gasteiger partial charge in [0.15, 0.2) is 0 Å². The van der Waals surface area contributed by atoms with E-state index in [0.29, 0.717) is 11.8 Å². The van der Waals surface area contributed by atoms with Crippen LogP contribution < -0.4 is 5.32 Å². The van der Waals surface area contributed by atoms with Crippen molar-refractivity contribution in [2.75, 3.05) is 13.2 Å². The molecule has 0 radical (unpaired) electrons. The van der Waals surface area contributed by atoms with Gasteiger partial charge in [-0.1, -0.05) is 13.8 Å². The predicted molar refractivity (Wildman–Crippen MR) is 79.0 cm³/mol. The predicted octanol–water partition coefficient (Wildman–Crippen LogP) is 2.58. The van der Waals surface area contributed by atoms with E-state index in [1.54, 1.807) is 0 Å². The number of aliphatic hydroxyl groups excluding tert-OH is 1. The molecule has 0 aromatic heterocycles. The summed E-state index contributed by atoms with van der Waals surface area (Å²) in [5, 5.41) is 12.5. The van der Waals surface area contributed by atoms with Crippen LogP contribution in [0.2, 0.25) is 0 Å². The third kappa shape index (κ3) is 2.18. The van der Waals surface area contributed by atoms with E-state index in [9.17, 15) is 9.90 Å². The molecule has 3 aliphatic rings. The van der Waals surface area contributed by atoms with Gasteiger partial charge in [0.25, 0.3) is 0 Å². The lowest BCUT2D eigenvalue weighted by molar-refractivity contribution is -0.124. The third-order valence-electron chi connectivity index (χ3n) is 6.82. The van der Waals surface area contributed by atoms with Gasteiger partial charge in [0.2, 0.25) is 5.91 Å². The monoisotopic (exact) mass is 279 g/mol. The van der Waals surface area contributed by atoms with E-state index in [-0.39, 0.29) is 12.0 Å². The van der Waals surface area contributed by atoms with E-state index in [4.69, 9.17) is 0 Å². The van der Waals surface area contributed by atoms with Crippen LogP contribution in [0.3, 0.4) is 0 Å². The highest BCUT2D eigenvalue weighted by atomic mass is 16.3. The standard InChI is InChI=1S/C17H29NO2/c1-3-17(4-2,7-8-19)10-18-16(20)15-13-11-5-6-12(9-11)14(13)15/h11-15,19H,3-10H2,1-2H3,(H,18,20). The van der Waals surface area contributed by atoms with Crippen LogP contribution >= 0.6 is 0 Å². The molecule has 114 valence electrons. The minimum Gasteiger partial charge on any atom is -0.396 e. The summed E-state index contributed by atoms with van der Waals surface area (Å²) in [4.78, 5) is 12.4. The Morgan fingerprint density at radius 2 is 1.80 bits per heavy atom. The van der Waals surface area contributed by atoms with Gasteiger partial charge in [-0.3, -0.25) is 4.79 Å². The normalized spacial score (nSPS) is 37.9. The maximum Gasteiger partial charge on any atom is 0.223 e. The lowest BCUT2D eigenvalue weighted by Gasteiger charge is -2.31. The Balaban J connectivity index is 1.53. The van der Waals surface area contributed by atoms with Crippen molar-refractivity contribution in [2.24, 2.45) is 35.0 Å². The fourth-order valence-electron chi connectivity index (χ4n) is 5.25. The summed E-state index contributed by atoms with van der Waals surface area (Å²) in [7, 11) is 0. The minimum atomic E-state index is 0.0907. The summed E-state index contributed by atoms with van der Waals surface area (Å²) in [6.45, 7) is 5.29. The molecule has 2 N–H and O–H groups in total. The van der Waals surface area contributed by atoms with Crippen LogP contribution in [0.25, 0.3) is 0 Å². The summed E-state index contributed by atoms with van der Waals surface area (Å²) >= 11 is 0. The van der Waals surface area contributed by atoms with Gasteiger partial charge in [0.05, 0.1) is 0 Å². The molecule has 20 heavy (non-hydrogen) atoms. The second kappa shape index (κ2) is 5.32. The van der Waals surface area contributed by atoms with E-state index < -0.39 is 0 Å². The number of fused-ring (bicyclic) bond motifs is 5. The molecule has 0 aromatic rings. The van der Waals surface area contributed by atoms with Crippen molar-refractivity contribution in [3.8, 4) is 0 Å². The molecular formula is C17H29NO2. The van der Waals surface area contributed by atoms with Crippen LogP contribution in [0.1, 0.15) is 52.4 Å². The van der Waals surface area contributed by atoms with Crippen LogP contribution in [0.15, 0.2) is 0 Å². The van der Waals surface area contributed by atoms with E-state index in [1.165, 1.54) is 19.3 Å². The Morgan fingerprint density at radius 1 is 1.20 bits per heavy atom. The molecule has 0 aliphatic heterocycles. The number of carbonyl (C=O) groups excluding carboxylic acids is 1.